The van der Waals surface area contributed by atoms with Gasteiger partial charge in [-0.05, 0) is 12.1 Å². The maximum Gasteiger partial charge on any atom is 0.264 e. The summed E-state index contributed by atoms with van der Waals surface area (Å²) >= 11 is 0.948. The van der Waals surface area contributed by atoms with Gasteiger partial charge in [0, 0.05) is 17.7 Å². The minimum absolute atomic E-state index is 0.0323. The molecule has 2 aromatic heterocycles. The predicted molar refractivity (Wildman–Crippen MR) is 62.8 cm³/mol. The normalized spacial score (nSPS) is 11.1. The summed E-state index contributed by atoms with van der Waals surface area (Å²) in [6, 6.07) is 2.85. The van der Waals surface area contributed by atoms with Gasteiger partial charge in [0.05, 0.1) is 6.20 Å². The first-order chi connectivity index (χ1) is 8.12. The second-order valence-corrected chi connectivity index (χ2v) is 5.38. The lowest BCUT2D eigenvalue weighted by Gasteiger charge is -2.05. The average Bonchev–Trinajstić information content (AvgIpc) is 2.81. The van der Waals surface area contributed by atoms with Crippen molar-refractivity contribution in [2.75, 3.05) is 10.1 Å². The van der Waals surface area contributed by atoms with E-state index in [4.69, 9.17) is 5.84 Å². The number of rotatable bonds is 4. The highest BCUT2D eigenvalue weighted by molar-refractivity contribution is 7.93. The molecular formula is C7H8N6O2S2. The summed E-state index contributed by atoms with van der Waals surface area (Å²) in [5, 5.41) is 3.87. The molecule has 90 valence electrons. The predicted octanol–water partition coefficient (Wildman–Crippen LogP) is 0.0195. The minimum Gasteiger partial charge on any atom is -0.308 e. The van der Waals surface area contributed by atoms with Gasteiger partial charge in [0.15, 0.2) is 0 Å². The van der Waals surface area contributed by atoms with E-state index in [1.807, 2.05) is 0 Å². The van der Waals surface area contributed by atoms with Crippen LogP contribution in [0, 0.1) is 0 Å². The Morgan fingerprint density at radius 2 is 2.12 bits per heavy atom. The average molecular weight is 272 g/mol. The van der Waals surface area contributed by atoms with Crippen LogP contribution in [-0.4, -0.2) is 23.0 Å². The van der Waals surface area contributed by atoms with Gasteiger partial charge in [-0.15, -0.1) is 5.10 Å². The molecule has 0 aliphatic rings. The molecule has 10 heteroatoms. The molecule has 0 aliphatic carbocycles. The number of aromatic nitrogens is 3. The van der Waals surface area contributed by atoms with Crippen LogP contribution in [0.15, 0.2) is 29.4 Å². The number of nitrogen functional groups attached to an aromatic ring is 1. The van der Waals surface area contributed by atoms with E-state index in [2.05, 4.69) is 24.7 Å². The van der Waals surface area contributed by atoms with Crippen molar-refractivity contribution in [3.8, 4) is 0 Å². The highest BCUT2D eigenvalue weighted by atomic mass is 32.2. The van der Waals surface area contributed by atoms with Gasteiger partial charge < -0.3 is 5.43 Å². The fourth-order valence-electron chi connectivity index (χ4n) is 1.03. The van der Waals surface area contributed by atoms with Crippen molar-refractivity contribution >= 4 is 32.4 Å². The summed E-state index contributed by atoms with van der Waals surface area (Å²) in [4.78, 5) is 3.84. The Hall–Kier alpha value is -1.78. The summed E-state index contributed by atoms with van der Waals surface area (Å²) in [6.45, 7) is 0. The van der Waals surface area contributed by atoms with Crippen molar-refractivity contribution in [3.05, 3.63) is 24.5 Å². The van der Waals surface area contributed by atoms with Gasteiger partial charge in [0.1, 0.15) is 15.7 Å². The molecule has 4 N–H and O–H groups in total. The number of anilines is 2. The topological polar surface area (TPSA) is 123 Å². The maximum absolute atomic E-state index is 11.8. The first kappa shape index (κ1) is 11.7. The first-order valence-electron chi connectivity index (χ1n) is 4.34. The molecule has 0 aromatic carbocycles. The summed E-state index contributed by atoms with van der Waals surface area (Å²) in [7, 11) is -3.66. The van der Waals surface area contributed by atoms with E-state index in [9.17, 15) is 8.42 Å². The molecule has 0 unspecified atom stereocenters. The summed E-state index contributed by atoms with van der Waals surface area (Å²) < 4.78 is 29.6. The van der Waals surface area contributed by atoms with E-state index in [0.717, 1.165) is 11.5 Å². The summed E-state index contributed by atoms with van der Waals surface area (Å²) in [5.74, 6) is 5.50. The van der Waals surface area contributed by atoms with E-state index in [0.29, 0.717) is 10.8 Å². The third-order valence-corrected chi connectivity index (χ3v) is 3.85. The lowest BCUT2D eigenvalue weighted by atomic mass is 10.5. The van der Waals surface area contributed by atoms with Gasteiger partial charge in [0.25, 0.3) is 10.0 Å². The Morgan fingerprint density at radius 1 is 1.29 bits per heavy atom. The van der Waals surface area contributed by atoms with Crippen LogP contribution < -0.4 is 16.0 Å². The molecular weight excluding hydrogens is 264 g/mol. The standard InChI is InChI=1S/C7H8N6O2S2/c8-11-6-2-1-5(3-9-6)17(14,15)12-7-4-10-13-16-7/h1-4,12H,8H2,(H,9,11). The third kappa shape index (κ3) is 2.67. The van der Waals surface area contributed by atoms with Crippen molar-refractivity contribution in [1.82, 2.24) is 14.6 Å². The zero-order valence-corrected chi connectivity index (χ0v) is 9.99. The van der Waals surface area contributed by atoms with Crippen LogP contribution in [0.5, 0.6) is 0 Å². The van der Waals surface area contributed by atoms with Crippen LogP contribution in [0.25, 0.3) is 0 Å². The van der Waals surface area contributed by atoms with Crippen LogP contribution in [0.1, 0.15) is 0 Å². The molecule has 0 aliphatic heterocycles. The van der Waals surface area contributed by atoms with Crippen LogP contribution in [0.2, 0.25) is 0 Å². The Kier molecular flexibility index (Phi) is 3.17. The molecule has 8 nitrogen and oxygen atoms in total. The van der Waals surface area contributed by atoms with Gasteiger partial charge in [-0.3, -0.25) is 4.72 Å². The van der Waals surface area contributed by atoms with E-state index < -0.39 is 10.0 Å². The quantitative estimate of drug-likeness (QED) is 0.529. The Morgan fingerprint density at radius 3 is 2.65 bits per heavy atom. The van der Waals surface area contributed by atoms with E-state index in [1.54, 1.807) is 0 Å². The molecule has 0 amide bonds. The van der Waals surface area contributed by atoms with Gasteiger partial charge in [0.2, 0.25) is 0 Å². The van der Waals surface area contributed by atoms with Crippen molar-refractivity contribution < 1.29 is 8.42 Å². The first-order valence-corrected chi connectivity index (χ1v) is 6.60. The molecule has 0 saturated heterocycles. The van der Waals surface area contributed by atoms with Gasteiger partial charge in [-0.2, -0.15) is 0 Å². The van der Waals surface area contributed by atoms with E-state index >= 15 is 0 Å². The van der Waals surface area contributed by atoms with E-state index in [1.165, 1.54) is 24.5 Å². The zero-order chi connectivity index (χ0) is 12.3. The second-order valence-electron chi connectivity index (χ2n) is 2.91. The molecule has 2 aromatic rings. The molecule has 0 fully saturated rings. The second kappa shape index (κ2) is 4.61. The van der Waals surface area contributed by atoms with Crippen molar-refractivity contribution in [3.63, 3.8) is 0 Å². The van der Waals surface area contributed by atoms with E-state index in [-0.39, 0.29) is 4.90 Å². The summed E-state index contributed by atoms with van der Waals surface area (Å²) in [6.07, 6.45) is 2.53. The highest BCUT2D eigenvalue weighted by Crippen LogP contribution is 2.17. The highest BCUT2D eigenvalue weighted by Gasteiger charge is 2.15. The van der Waals surface area contributed by atoms with Gasteiger partial charge in [-0.1, -0.05) is 4.49 Å². The van der Waals surface area contributed by atoms with Crippen LogP contribution >= 0.6 is 11.5 Å². The van der Waals surface area contributed by atoms with Gasteiger partial charge >= 0.3 is 0 Å². The monoisotopic (exact) mass is 272 g/mol. The number of hydrogen-bond acceptors (Lipinski definition) is 8. The fourth-order valence-corrected chi connectivity index (χ4v) is 2.66. The fraction of sp³-hybridized carbons (Fsp3) is 0. The molecule has 0 radical (unpaired) electrons. The Bertz CT molecular complexity index is 579. The maximum atomic E-state index is 11.8. The van der Waals surface area contributed by atoms with Crippen LogP contribution in [-0.2, 0) is 10.0 Å². The smallest absolute Gasteiger partial charge is 0.264 e. The van der Waals surface area contributed by atoms with Crippen molar-refractivity contribution in [2.24, 2.45) is 5.84 Å². The minimum atomic E-state index is -3.66. The zero-order valence-electron chi connectivity index (χ0n) is 8.36. The summed E-state index contributed by atoms with van der Waals surface area (Å²) in [5.41, 5.74) is 2.31. The molecule has 17 heavy (non-hydrogen) atoms. The molecule has 0 saturated carbocycles. The SMILES string of the molecule is NNc1ccc(S(=O)(=O)Nc2cnns2)cn1. The number of sulfonamides is 1. The number of hydrogen-bond donors (Lipinski definition) is 3. The van der Waals surface area contributed by atoms with Crippen molar-refractivity contribution in [2.45, 2.75) is 4.90 Å². The number of hydrazine groups is 1. The molecule has 0 spiro atoms. The molecule has 2 heterocycles. The van der Waals surface area contributed by atoms with Crippen molar-refractivity contribution in [1.29, 1.82) is 0 Å². The molecule has 0 atom stereocenters. The number of pyridine rings is 1. The third-order valence-electron chi connectivity index (χ3n) is 1.79. The number of nitrogens with zero attached hydrogens (tertiary/aromatic N) is 3. The van der Waals surface area contributed by atoms with Gasteiger partial charge in [-0.25, -0.2) is 19.2 Å². The Labute approximate surface area is 101 Å². The van der Waals surface area contributed by atoms with Crippen LogP contribution in [0.4, 0.5) is 10.8 Å². The molecule has 0 bridgehead atoms. The number of nitrogens with two attached hydrogens (primary N) is 1. The lowest BCUT2D eigenvalue weighted by molar-refractivity contribution is 0.601. The number of nitrogens with one attached hydrogen (secondary N) is 2. The Balaban J connectivity index is 2.25. The lowest BCUT2D eigenvalue weighted by Crippen LogP contribution is -2.13. The largest absolute Gasteiger partial charge is 0.308 e. The molecule has 2 rings (SSSR count). The van der Waals surface area contributed by atoms with Crippen LogP contribution in [0.3, 0.4) is 0 Å².